The second-order valence-electron chi connectivity index (χ2n) is 3.84. The Balaban J connectivity index is 3.00. The van der Waals surface area contributed by atoms with Crippen molar-refractivity contribution in [2.24, 2.45) is 5.92 Å². The number of aliphatic hydroxyl groups excluding tert-OH is 1. The van der Waals surface area contributed by atoms with Gasteiger partial charge in [-0.05, 0) is 12.0 Å². The zero-order valence-corrected chi connectivity index (χ0v) is 12.4. The van der Waals surface area contributed by atoms with E-state index >= 15 is 0 Å². The number of rotatable bonds is 5. The van der Waals surface area contributed by atoms with E-state index in [1.165, 1.54) is 6.07 Å². The van der Waals surface area contributed by atoms with Crippen molar-refractivity contribution < 1.29 is 13.5 Å². The molecule has 1 aromatic heterocycles. The minimum atomic E-state index is -3.74. The molecule has 4 nitrogen and oxygen atoms in total. The van der Waals surface area contributed by atoms with Gasteiger partial charge in [0, 0.05) is 6.04 Å². The third kappa shape index (κ3) is 3.81. The van der Waals surface area contributed by atoms with Gasteiger partial charge in [-0.1, -0.05) is 37.0 Å². The van der Waals surface area contributed by atoms with Crippen LogP contribution in [0.4, 0.5) is 0 Å². The van der Waals surface area contributed by atoms with E-state index in [1.807, 2.05) is 13.8 Å². The Bertz CT molecular complexity index is 484. The van der Waals surface area contributed by atoms with Crippen LogP contribution in [-0.2, 0) is 10.0 Å². The molecule has 1 rings (SSSR count). The van der Waals surface area contributed by atoms with Crippen LogP contribution in [0.15, 0.2) is 11.0 Å². The molecule has 0 fully saturated rings. The van der Waals surface area contributed by atoms with E-state index < -0.39 is 16.1 Å². The molecule has 0 amide bonds. The monoisotopic (exact) mass is 317 g/mol. The highest BCUT2D eigenvalue weighted by atomic mass is 35.5. The average molecular weight is 318 g/mol. The first-order valence-corrected chi connectivity index (χ1v) is 7.91. The van der Waals surface area contributed by atoms with Gasteiger partial charge in [0.2, 0.25) is 10.0 Å². The van der Waals surface area contributed by atoms with Crippen LogP contribution in [0.5, 0.6) is 0 Å². The summed E-state index contributed by atoms with van der Waals surface area (Å²) < 4.78 is 26.8. The summed E-state index contributed by atoms with van der Waals surface area (Å²) in [7, 11) is -3.74. The molecule has 8 heteroatoms. The number of nitrogens with one attached hydrogen (secondary N) is 1. The molecule has 98 valence electrons. The van der Waals surface area contributed by atoms with Crippen molar-refractivity contribution in [2.75, 3.05) is 6.61 Å². The van der Waals surface area contributed by atoms with Gasteiger partial charge in [-0.2, -0.15) is 0 Å². The summed E-state index contributed by atoms with van der Waals surface area (Å²) in [5.74, 6) is -0.0253. The van der Waals surface area contributed by atoms with E-state index in [4.69, 9.17) is 28.3 Å². The van der Waals surface area contributed by atoms with Gasteiger partial charge in [-0.25, -0.2) is 13.1 Å². The average Bonchev–Trinajstić information content (AvgIpc) is 2.54. The Morgan fingerprint density at radius 1 is 1.47 bits per heavy atom. The van der Waals surface area contributed by atoms with E-state index in [0.29, 0.717) is 4.34 Å². The lowest BCUT2D eigenvalue weighted by Crippen LogP contribution is -2.40. The number of aliphatic hydroxyl groups is 1. The molecule has 1 aromatic rings. The molecule has 1 atom stereocenters. The van der Waals surface area contributed by atoms with E-state index in [0.717, 1.165) is 11.3 Å². The van der Waals surface area contributed by atoms with Crippen molar-refractivity contribution in [3.8, 4) is 0 Å². The lowest BCUT2D eigenvalue weighted by Gasteiger charge is -2.19. The SMILES string of the molecule is CC(C)[C@@H](CO)NS(=O)(=O)c1cc(Cl)sc1Cl. The molecule has 0 aromatic carbocycles. The Labute approximate surface area is 115 Å². The number of thiophene rings is 1. The molecule has 0 saturated carbocycles. The predicted molar refractivity (Wildman–Crippen MR) is 70.4 cm³/mol. The van der Waals surface area contributed by atoms with Gasteiger partial charge in [-0.15, -0.1) is 11.3 Å². The zero-order chi connectivity index (χ0) is 13.2. The number of sulfonamides is 1. The van der Waals surface area contributed by atoms with Crippen LogP contribution in [0.25, 0.3) is 0 Å². The van der Waals surface area contributed by atoms with Gasteiger partial charge in [0.1, 0.15) is 9.23 Å². The van der Waals surface area contributed by atoms with Crippen molar-refractivity contribution in [1.82, 2.24) is 4.72 Å². The Morgan fingerprint density at radius 2 is 2.06 bits per heavy atom. The molecule has 0 unspecified atom stereocenters. The van der Waals surface area contributed by atoms with Gasteiger partial charge in [0.05, 0.1) is 10.9 Å². The third-order valence-corrected chi connectivity index (χ3v) is 5.47. The normalized spacial score (nSPS) is 14.2. The first-order chi connectivity index (χ1) is 7.77. The lowest BCUT2D eigenvalue weighted by molar-refractivity contribution is 0.227. The van der Waals surface area contributed by atoms with Crippen LogP contribution in [0, 0.1) is 5.92 Å². The maximum Gasteiger partial charge on any atom is 0.243 e. The largest absolute Gasteiger partial charge is 0.395 e. The van der Waals surface area contributed by atoms with Crippen LogP contribution < -0.4 is 4.72 Å². The predicted octanol–water partition coefficient (Wildman–Crippen LogP) is 2.35. The smallest absolute Gasteiger partial charge is 0.243 e. The van der Waals surface area contributed by atoms with E-state index in [-0.39, 0.29) is 21.8 Å². The molecular formula is C9H13Cl2NO3S2. The topological polar surface area (TPSA) is 66.4 Å². The van der Waals surface area contributed by atoms with Crippen molar-refractivity contribution in [2.45, 2.75) is 24.8 Å². The van der Waals surface area contributed by atoms with Crippen LogP contribution in [0.2, 0.25) is 8.67 Å². The Morgan fingerprint density at radius 3 is 2.41 bits per heavy atom. The summed E-state index contributed by atoms with van der Waals surface area (Å²) in [6.07, 6.45) is 0. The zero-order valence-electron chi connectivity index (χ0n) is 9.28. The van der Waals surface area contributed by atoms with Crippen LogP contribution in [-0.4, -0.2) is 26.2 Å². The van der Waals surface area contributed by atoms with Crippen LogP contribution in [0.3, 0.4) is 0 Å². The molecule has 2 N–H and O–H groups in total. The summed E-state index contributed by atoms with van der Waals surface area (Å²) in [6, 6.07) is 0.751. The van der Waals surface area contributed by atoms with Crippen molar-refractivity contribution >= 4 is 44.6 Å². The highest BCUT2D eigenvalue weighted by molar-refractivity contribution is 7.89. The molecule has 0 radical (unpaired) electrons. The van der Waals surface area contributed by atoms with Crippen molar-refractivity contribution in [3.05, 3.63) is 14.7 Å². The van der Waals surface area contributed by atoms with Gasteiger partial charge < -0.3 is 5.11 Å². The highest BCUT2D eigenvalue weighted by Gasteiger charge is 2.25. The fraction of sp³-hybridized carbons (Fsp3) is 0.556. The van der Waals surface area contributed by atoms with Gasteiger partial charge >= 0.3 is 0 Å². The molecule has 0 bridgehead atoms. The molecule has 0 saturated heterocycles. The van der Waals surface area contributed by atoms with E-state index in [1.54, 1.807) is 0 Å². The van der Waals surface area contributed by atoms with E-state index in [9.17, 15) is 8.42 Å². The summed E-state index contributed by atoms with van der Waals surface area (Å²) >= 11 is 12.5. The minimum absolute atomic E-state index is 0.0253. The van der Waals surface area contributed by atoms with Crippen LogP contribution >= 0.6 is 34.5 Å². The van der Waals surface area contributed by atoms with E-state index in [2.05, 4.69) is 4.72 Å². The van der Waals surface area contributed by atoms with Gasteiger partial charge in [-0.3, -0.25) is 0 Å². The second-order valence-corrected chi connectivity index (χ2v) is 7.81. The fourth-order valence-corrected chi connectivity index (χ4v) is 4.68. The quantitative estimate of drug-likeness (QED) is 0.876. The van der Waals surface area contributed by atoms with Gasteiger partial charge in [0.15, 0.2) is 0 Å². The molecular weight excluding hydrogens is 305 g/mol. The van der Waals surface area contributed by atoms with Crippen molar-refractivity contribution in [1.29, 1.82) is 0 Å². The third-order valence-electron chi connectivity index (χ3n) is 2.22. The molecule has 0 aliphatic rings. The molecule has 0 aliphatic carbocycles. The Kier molecular flexibility index (Phi) is 5.24. The summed E-state index contributed by atoms with van der Waals surface area (Å²) in [5.41, 5.74) is 0. The second kappa shape index (κ2) is 5.86. The number of hydrogen-bond acceptors (Lipinski definition) is 4. The molecule has 0 spiro atoms. The maximum atomic E-state index is 12.0. The summed E-state index contributed by atoms with van der Waals surface area (Å²) in [5, 5.41) is 9.10. The molecule has 17 heavy (non-hydrogen) atoms. The number of halogens is 2. The summed E-state index contributed by atoms with van der Waals surface area (Å²) in [6.45, 7) is 3.35. The Hall–Kier alpha value is 0.150. The first-order valence-electron chi connectivity index (χ1n) is 4.86. The van der Waals surface area contributed by atoms with Crippen molar-refractivity contribution in [3.63, 3.8) is 0 Å². The van der Waals surface area contributed by atoms with Crippen LogP contribution in [0.1, 0.15) is 13.8 Å². The molecule has 1 heterocycles. The lowest BCUT2D eigenvalue weighted by atomic mass is 10.1. The first kappa shape index (κ1) is 15.2. The number of hydrogen-bond donors (Lipinski definition) is 2. The summed E-state index contributed by atoms with van der Waals surface area (Å²) in [4.78, 5) is -0.0479. The maximum absolute atomic E-state index is 12.0. The standard InChI is InChI=1S/C9H13Cl2NO3S2/c1-5(2)6(4-13)12-17(14,15)7-3-8(10)16-9(7)11/h3,5-6,12-13H,4H2,1-2H3/t6-/m1/s1. The fourth-order valence-electron chi connectivity index (χ4n) is 1.16. The molecule has 0 aliphatic heterocycles. The minimum Gasteiger partial charge on any atom is -0.395 e. The highest BCUT2D eigenvalue weighted by Crippen LogP contribution is 2.34. The van der Waals surface area contributed by atoms with Gasteiger partial charge in [0.25, 0.3) is 0 Å².